The van der Waals surface area contributed by atoms with Crippen LogP contribution in [0.5, 0.6) is 17.2 Å². The summed E-state index contributed by atoms with van der Waals surface area (Å²) in [6.45, 7) is 5.90. The van der Waals surface area contributed by atoms with E-state index in [1.807, 2.05) is 53.4 Å². The van der Waals surface area contributed by atoms with Crippen molar-refractivity contribution in [2.75, 3.05) is 59.7 Å². The van der Waals surface area contributed by atoms with Crippen LogP contribution in [0.25, 0.3) is 0 Å². The molecule has 0 bridgehead atoms. The maximum Gasteiger partial charge on any atom is 0.254 e. The highest BCUT2D eigenvalue weighted by molar-refractivity contribution is 5.94. The Morgan fingerprint density at radius 3 is 2.50 bits per heavy atom. The Bertz CT molecular complexity index is 859. The summed E-state index contributed by atoms with van der Waals surface area (Å²) in [5, 5.41) is 0. The average molecular weight is 441 g/mol. The van der Waals surface area contributed by atoms with E-state index in [4.69, 9.17) is 18.9 Å². The van der Waals surface area contributed by atoms with Gasteiger partial charge in [-0.2, -0.15) is 0 Å². The van der Waals surface area contributed by atoms with Crippen LogP contribution in [0.3, 0.4) is 0 Å². The molecule has 2 aliphatic rings. The predicted octanol–water partition coefficient (Wildman–Crippen LogP) is 3.09. The number of benzene rings is 2. The van der Waals surface area contributed by atoms with Gasteiger partial charge in [0.25, 0.3) is 5.91 Å². The number of hydrogen-bond acceptors (Lipinski definition) is 6. The first-order chi connectivity index (χ1) is 15.7. The van der Waals surface area contributed by atoms with Gasteiger partial charge < -0.3 is 23.8 Å². The van der Waals surface area contributed by atoms with Crippen molar-refractivity contribution >= 4 is 5.91 Å². The van der Waals surface area contributed by atoms with Crippen LogP contribution >= 0.6 is 0 Å². The minimum absolute atomic E-state index is 0.0571. The fraction of sp³-hybridized carbons (Fsp3) is 0.480. The molecule has 7 nitrogen and oxygen atoms in total. The van der Waals surface area contributed by atoms with Crippen molar-refractivity contribution in [1.29, 1.82) is 0 Å². The van der Waals surface area contributed by atoms with E-state index < -0.39 is 0 Å². The molecule has 0 aromatic heterocycles. The fourth-order valence-corrected chi connectivity index (χ4v) is 4.01. The van der Waals surface area contributed by atoms with Crippen LogP contribution in [-0.4, -0.2) is 81.5 Å². The second-order valence-electron chi connectivity index (χ2n) is 8.13. The zero-order valence-electron chi connectivity index (χ0n) is 18.7. The van der Waals surface area contributed by atoms with Gasteiger partial charge in [-0.3, -0.25) is 9.69 Å². The molecule has 2 aliphatic heterocycles. The lowest BCUT2D eigenvalue weighted by Crippen LogP contribution is -2.49. The Morgan fingerprint density at radius 2 is 1.78 bits per heavy atom. The van der Waals surface area contributed by atoms with E-state index >= 15 is 0 Å². The number of ether oxygens (including phenoxy) is 4. The lowest BCUT2D eigenvalue weighted by atomic mass is 10.1. The molecule has 2 heterocycles. The predicted molar refractivity (Wildman–Crippen MR) is 122 cm³/mol. The summed E-state index contributed by atoms with van der Waals surface area (Å²) in [6.07, 6.45) is 2.29. The highest BCUT2D eigenvalue weighted by atomic mass is 16.5. The molecule has 1 atom stereocenters. The van der Waals surface area contributed by atoms with Gasteiger partial charge in [0.15, 0.2) is 0 Å². The van der Waals surface area contributed by atoms with Crippen molar-refractivity contribution in [3.8, 4) is 17.2 Å². The number of amides is 1. The van der Waals surface area contributed by atoms with Crippen LogP contribution < -0.4 is 14.2 Å². The summed E-state index contributed by atoms with van der Waals surface area (Å²) < 4.78 is 22.4. The van der Waals surface area contributed by atoms with Gasteiger partial charge in [-0.15, -0.1) is 0 Å². The van der Waals surface area contributed by atoms with E-state index in [1.54, 1.807) is 7.11 Å². The largest absolute Gasteiger partial charge is 0.497 e. The molecular weight excluding hydrogens is 408 g/mol. The molecule has 0 saturated carbocycles. The molecule has 0 N–H and O–H groups in total. The Balaban J connectivity index is 1.19. The third-order valence-electron chi connectivity index (χ3n) is 5.94. The number of hydrogen-bond donors (Lipinski definition) is 0. The SMILES string of the molecule is COc1ccc(OCCN2CCN(C(=O)c3cccc(OCC4CCCO4)c3)CC2)cc1. The minimum atomic E-state index is 0.0571. The van der Waals surface area contributed by atoms with Gasteiger partial charge in [0.05, 0.1) is 13.2 Å². The second kappa shape index (κ2) is 11.2. The number of rotatable bonds is 9. The van der Waals surface area contributed by atoms with Gasteiger partial charge >= 0.3 is 0 Å². The number of methoxy groups -OCH3 is 1. The molecule has 2 fully saturated rings. The molecule has 172 valence electrons. The normalized spacial score (nSPS) is 19.0. The van der Waals surface area contributed by atoms with Crippen LogP contribution in [0.15, 0.2) is 48.5 Å². The summed E-state index contributed by atoms with van der Waals surface area (Å²) >= 11 is 0. The van der Waals surface area contributed by atoms with Crippen molar-refractivity contribution in [3.63, 3.8) is 0 Å². The standard InChI is InChI=1S/C25H32N2O5/c1-29-21-7-9-22(10-8-21)31-17-15-26-11-13-27(14-12-26)25(28)20-4-2-5-23(18-20)32-19-24-6-3-16-30-24/h2,4-5,7-10,18,24H,3,6,11-17,19H2,1H3. The number of carbonyl (C=O) groups excluding carboxylic acids is 1. The summed E-state index contributed by atoms with van der Waals surface area (Å²) in [5.41, 5.74) is 0.672. The van der Waals surface area contributed by atoms with Crippen molar-refractivity contribution < 1.29 is 23.7 Å². The first kappa shape index (κ1) is 22.4. The molecule has 7 heteroatoms. The second-order valence-corrected chi connectivity index (χ2v) is 8.13. The summed E-state index contributed by atoms with van der Waals surface area (Å²) in [5.74, 6) is 2.43. The molecule has 2 aromatic rings. The van der Waals surface area contributed by atoms with Crippen molar-refractivity contribution in [1.82, 2.24) is 9.80 Å². The zero-order valence-corrected chi connectivity index (χ0v) is 18.7. The van der Waals surface area contributed by atoms with Crippen LogP contribution in [0, 0.1) is 0 Å². The van der Waals surface area contributed by atoms with Crippen molar-refractivity contribution in [2.24, 2.45) is 0 Å². The van der Waals surface area contributed by atoms with Crippen LogP contribution in [-0.2, 0) is 4.74 Å². The smallest absolute Gasteiger partial charge is 0.254 e. The first-order valence-corrected chi connectivity index (χ1v) is 11.3. The highest BCUT2D eigenvalue weighted by Crippen LogP contribution is 2.19. The number of carbonyl (C=O) groups is 1. The molecule has 0 radical (unpaired) electrons. The fourth-order valence-electron chi connectivity index (χ4n) is 4.01. The summed E-state index contributed by atoms with van der Waals surface area (Å²) in [4.78, 5) is 17.2. The molecule has 1 unspecified atom stereocenters. The molecule has 4 rings (SSSR count). The third kappa shape index (κ3) is 6.14. The van der Waals surface area contributed by atoms with Gasteiger partial charge in [-0.25, -0.2) is 0 Å². The number of nitrogens with zero attached hydrogens (tertiary/aromatic N) is 2. The van der Waals surface area contributed by atoms with Gasteiger partial charge in [-0.1, -0.05) is 6.07 Å². The van der Waals surface area contributed by atoms with Gasteiger partial charge in [0, 0.05) is 44.9 Å². The number of piperazine rings is 1. The lowest BCUT2D eigenvalue weighted by Gasteiger charge is -2.34. The first-order valence-electron chi connectivity index (χ1n) is 11.3. The van der Waals surface area contributed by atoms with Gasteiger partial charge in [0.2, 0.25) is 0 Å². The lowest BCUT2D eigenvalue weighted by molar-refractivity contribution is 0.0617. The van der Waals surface area contributed by atoms with E-state index in [0.29, 0.717) is 31.9 Å². The summed E-state index contributed by atoms with van der Waals surface area (Å²) in [7, 11) is 1.65. The molecule has 2 aromatic carbocycles. The average Bonchev–Trinajstić information content (AvgIpc) is 3.37. The maximum atomic E-state index is 13.0. The Labute approximate surface area is 189 Å². The van der Waals surface area contributed by atoms with E-state index in [0.717, 1.165) is 56.3 Å². The van der Waals surface area contributed by atoms with Crippen LogP contribution in [0.1, 0.15) is 23.2 Å². The Kier molecular flexibility index (Phi) is 7.85. The molecule has 0 aliphatic carbocycles. The maximum absolute atomic E-state index is 13.0. The highest BCUT2D eigenvalue weighted by Gasteiger charge is 2.22. The van der Waals surface area contributed by atoms with E-state index in [9.17, 15) is 4.79 Å². The third-order valence-corrected chi connectivity index (χ3v) is 5.94. The van der Waals surface area contributed by atoms with Crippen LogP contribution in [0.2, 0.25) is 0 Å². The van der Waals surface area contributed by atoms with E-state index in [-0.39, 0.29) is 12.0 Å². The molecule has 2 saturated heterocycles. The van der Waals surface area contributed by atoms with E-state index in [1.165, 1.54) is 0 Å². The zero-order chi connectivity index (χ0) is 22.2. The molecule has 32 heavy (non-hydrogen) atoms. The molecular formula is C25H32N2O5. The molecule has 1 amide bonds. The van der Waals surface area contributed by atoms with Crippen molar-refractivity contribution in [2.45, 2.75) is 18.9 Å². The molecule has 0 spiro atoms. The monoisotopic (exact) mass is 440 g/mol. The Morgan fingerprint density at radius 1 is 1.00 bits per heavy atom. The van der Waals surface area contributed by atoms with Gasteiger partial charge in [0.1, 0.15) is 30.5 Å². The van der Waals surface area contributed by atoms with E-state index in [2.05, 4.69) is 4.90 Å². The van der Waals surface area contributed by atoms with Crippen LogP contribution in [0.4, 0.5) is 0 Å². The minimum Gasteiger partial charge on any atom is -0.497 e. The van der Waals surface area contributed by atoms with Crippen molar-refractivity contribution in [3.05, 3.63) is 54.1 Å². The Hall–Kier alpha value is -2.77. The summed E-state index contributed by atoms with van der Waals surface area (Å²) in [6, 6.07) is 15.1. The van der Waals surface area contributed by atoms with Gasteiger partial charge in [-0.05, 0) is 55.3 Å². The quantitative estimate of drug-likeness (QED) is 0.597. The topological polar surface area (TPSA) is 60.5 Å².